The van der Waals surface area contributed by atoms with E-state index in [1.807, 2.05) is 0 Å². The van der Waals surface area contributed by atoms with E-state index in [4.69, 9.17) is 11.6 Å². The number of hydrogen-bond acceptors (Lipinski definition) is 0. The number of allylic oxidation sites excluding steroid dienone is 2. The zero-order chi connectivity index (χ0) is 27.4. The number of unbranched alkanes of at least 4 members (excludes halogenated alkanes) is 2. The molecule has 3 aromatic carbocycles. The van der Waals surface area contributed by atoms with E-state index in [0.717, 1.165) is 41.7 Å². The summed E-state index contributed by atoms with van der Waals surface area (Å²) < 4.78 is 0. The second-order valence-electron chi connectivity index (χ2n) is 12.3. The molecule has 0 spiro atoms. The standard InChI is InChI=1S/C38H45Cl/c1-5-6-7-10-29-22-30(23-29)17-16-28-11-8-13-33(24-28)38-34-20-18-31(26(2)3)25-32(34)12-9-14-36(38)35-19-15-27(4)21-37(35)39/h8,11,13,15,18-21,24-25,29-30H,2,5-7,9-10,12,14,16-17,22-23H2,1,3-4H3. The summed E-state index contributed by atoms with van der Waals surface area (Å²) in [5.41, 5.74) is 13.1. The Bertz CT molecular complexity index is 1350. The first-order valence-electron chi connectivity index (χ1n) is 15.3. The van der Waals surface area contributed by atoms with Gasteiger partial charge in [-0.2, -0.15) is 0 Å². The van der Waals surface area contributed by atoms with Gasteiger partial charge in [0, 0.05) is 5.02 Å². The van der Waals surface area contributed by atoms with Crippen LogP contribution >= 0.6 is 11.6 Å². The summed E-state index contributed by atoms with van der Waals surface area (Å²) in [6, 6.07) is 22.9. The molecule has 1 fully saturated rings. The Morgan fingerprint density at radius 1 is 0.897 bits per heavy atom. The van der Waals surface area contributed by atoms with E-state index >= 15 is 0 Å². The van der Waals surface area contributed by atoms with E-state index < -0.39 is 0 Å². The molecule has 5 rings (SSSR count). The molecule has 3 aromatic rings. The van der Waals surface area contributed by atoms with Gasteiger partial charge in [0.2, 0.25) is 0 Å². The third-order valence-electron chi connectivity index (χ3n) is 9.10. The van der Waals surface area contributed by atoms with Crippen molar-refractivity contribution in [2.75, 3.05) is 0 Å². The molecule has 2 aliphatic carbocycles. The van der Waals surface area contributed by atoms with Crippen LogP contribution in [0.5, 0.6) is 0 Å². The minimum atomic E-state index is 0.860. The number of aryl methyl sites for hydroxylation is 3. The lowest BCUT2D eigenvalue weighted by Crippen LogP contribution is -2.24. The van der Waals surface area contributed by atoms with Crippen LogP contribution in [-0.4, -0.2) is 0 Å². The highest BCUT2D eigenvalue weighted by Crippen LogP contribution is 2.43. The van der Waals surface area contributed by atoms with E-state index in [1.165, 1.54) is 101 Å². The zero-order valence-electron chi connectivity index (χ0n) is 24.3. The molecular formula is C38H45Cl. The molecule has 1 heteroatoms. The number of benzene rings is 3. The van der Waals surface area contributed by atoms with Crippen LogP contribution in [-0.2, 0) is 12.8 Å². The van der Waals surface area contributed by atoms with Crippen LogP contribution in [0.1, 0.15) is 111 Å². The predicted octanol–water partition coefficient (Wildman–Crippen LogP) is 11.5. The molecule has 204 valence electrons. The van der Waals surface area contributed by atoms with Crippen molar-refractivity contribution in [2.45, 2.75) is 91.4 Å². The van der Waals surface area contributed by atoms with Crippen LogP contribution in [0.25, 0.3) is 16.7 Å². The van der Waals surface area contributed by atoms with E-state index in [1.54, 1.807) is 0 Å². The minimum absolute atomic E-state index is 0.860. The Morgan fingerprint density at radius 3 is 2.46 bits per heavy atom. The number of halogens is 1. The quantitative estimate of drug-likeness (QED) is 0.226. The van der Waals surface area contributed by atoms with Crippen LogP contribution in [0.4, 0.5) is 0 Å². The van der Waals surface area contributed by atoms with E-state index in [-0.39, 0.29) is 0 Å². The Morgan fingerprint density at radius 2 is 1.69 bits per heavy atom. The molecule has 0 bridgehead atoms. The normalized spacial score (nSPS) is 18.9. The maximum atomic E-state index is 6.91. The fourth-order valence-corrected chi connectivity index (χ4v) is 7.15. The molecule has 0 saturated heterocycles. The molecule has 1 saturated carbocycles. The average Bonchev–Trinajstić information content (AvgIpc) is 3.08. The predicted molar refractivity (Wildman–Crippen MR) is 171 cm³/mol. The summed E-state index contributed by atoms with van der Waals surface area (Å²) in [5, 5.41) is 0.860. The summed E-state index contributed by atoms with van der Waals surface area (Å²) in [6.45, 7) is 10.7. The summed E-state index contributed by atoms with van der Waals surface area (Å²) >= 11 is 6.91. The smallest absolute Gasteiger partial charge is 0.0483 e. The summed E-state index contributed by atoms with van der Waals surface area (Å²) in [5.74, 6) is 1.91. The Hall–Kier alpha value is -2.57. The molecule has 0 unspecified atom stereocenters. The fraction of sp³-hybridized carbons (Fsp3) is 0.421. The van der Waals surface area contributed by atoms with Gasteiger partial charge in [-0.15, -0.1) is 0 Å². The third-order valence-corrected chi connectivity index (χ3v) is 9.41. The molecule has 0 nitrogen and oxygen atoms in total. The monoisotopic (exact) mass is 536 g/mol. The van der Waals surface area contributed by atoms with Crippen molar-refractivity contribution >= 4 is 28.3 Å². The molecule has 0 amide bonds. The van der Waals surface area contributed by atoms with Gasteiger partial charge in [-0.3, -0.25) is 0 Å². The molecule has 0 radical (unpaired) electrons. The minimum Gasteiger partial charge on any atom is -0.0955 e. The van der Waals surface area contributed by atoms with Gasteiger partial charge in [-0.25, -0.2) is 0 Å². The first-order chi connectivity index (χ1) is 18.9. The van der Waals surface area contributed by atoms with Crippen LogP contribution in [0.3, 0.4) is 0 Å². The van der Waals surface area contributed by atoms with Gasteiger partial charge in [0.1, 0.15) is 0 Å². The van der Waals surface area contributed by atoms with Gasteiger partial charge in [0.25, 0.3) is 0 Å². The van der Waals surface area contributed by atoms with Crippen LogP contribution in [0.2, 0.25) is 5.02 Å². The molecule has 0 aliphatic heterocycles. The molecule has 0 N–H and O–H groups in total. The molecule has 39 heavy (non-hydrogen) atoms. The van der Waals surface area contributed by atoms with Crippen LogP contribution < -0.4 is 0 Å². The lowest BCUT2D eigenvalue weighted by Gasteiger charge is -2.35. The molecule has 0 aromatic heterocycles. The van der Waals surface area contributed by atoms with E-state index in [9.17, 15) is 0 Å². The average molecular weight is 537 g/mol. The van der Waals surface area contributed by atoms with Crippen LogP contribution in [0.15, 0.2) is 67.2 Å². The Balaban J connectivity index is 1.46. The zero-order valence-corrected chi connectivity index (χ0v) is 25.0. The second kappa shape index (κ2) is 12.7. The van der Waals surface area contributed by atoms with Crippen molar-refractivity contribution in [3.8, 4) is 0 Å². The van der Waals surface area contributed by atoms with Gasteiger partial charge < -0.3 is 0 Å². The molecule has 2 aliphatic rings. The number of hydrogen-bond donors (Lipinski definition) is 0. The Labute approximate surface area is 242 Å². The first kappa shape index (κ1) is 28.0. The van der Waals surface area contributed by atoms with Gasteiger partial charge in [-0.1, -0.05) is 111 Å². The summed E-state index contributed by atoms with van der Waals surface area (Å²) in [4.78, 5) is 0. The molecule has 0 atom stereocenters. The highest BCUT2D eigenvalue weighted by molar-refractivity contribution is 6.32. The maximum Gasteiger partial charge on any atom is 0.0483 e. The van der Waals surface area contributed by atoms with Gasteiger partial charge in [-0.05, 0) is 127 Å². The SMILES string of the molecule is C=C(C)c1ccc2c(c1)CCCC(c1ccc(C)cc1Cl)=C2c1cccc(CCC2CC(CCCCC)C2)c1. The van der Waals surface area contributed by atoms with Crippen molar-refractivity contribution in [1.82, 2.24) is 0 Å². The van der Waals surface area contributed by atoms with Gasteiger partial charge >= 0.3 is 0 Å². The van der Waals surface area contributed by atoms with Crippen molar-refractivity contribution in [1.29, 1.82) is 0 Å². The summed E-state index contributed by atoms with van der Waals surface area (Å²) in [6.07, 6.45) is 14.2. The third kappa shape index (κ3) is 6.60. The van der Waals surface area contributed by atoms with E-state index in [2.05, 4.69) is 88.0 Å². The highest BCUT2D eigenvalue weighted by atomic mass is 35.5. The fourth-order valence-electron chi connectivity index (χ4n) is 6.80. The second-order valence-corrected chi connectivity index (χ2v) is 12.7. The highest BCUT2D eigenvalue weighted by Gasteiger charge is 2.28. The lowest BCUT2D eigenvalue weighted by molar-refractivity contribution is 0.168. The van der Waals surface area contributed by atoms with Crippen molar-refractivity contribution in [2.24, 2.45) is 11.8 Å². The molecule has 0 heterocycles. The summed E-state index contributed by atoms with van der Waals surface area (Å²) in [7, 11) is 0. The number of rotatable bonds is 10. The number of fused-ring (bicyclic) bond motifs is 1. The maximum absolute atomic E-state index is 6.91. The van der Waals surface area contributed by atoms with Gasteiger partial charge in [0.15, 0.2) is 0 Å². The van der Waals surface area contributed by atoms with Crippen molar-refractivity contribution in [3.63, 3.8) is 0 Å². The Kier molecular flexibility index (Phi) is 9.13. The van der Waals surface area contributed by atoms with Crippen molar-refractivity contribution in [3.05, 3.63) is 111 Å². The lowest BCUT2D eigenvalue weighted by atomic mass is 9.70. The first-order valence-corrected chi connectivity index (χ1v) is 15.7. The largest absolute Gasteiger partial charge is 0.0955 e. The van der Waals surface area contributed by atoms with Crippen LogP contribution in [0, 0.1) is 18.8 Å². The van der Waals surface area contributed by atoms with Gasteiger partial charge in [0.05, 0.1) is 0 Å². The topological polar surface area (TPSA) is 0 Å². The van der Waals surface area contributed by atoms with Crippen molar-refractivity contribution < 1.29 is 0 Å². The van der Waals surface area contributed by atoms with E-state index in [0.29, 0.717) is 0 Å². The molecular weight excluding hydrogens is 492 g/mol.